The number of aryl methyl sites for hydroxylation is 1. The molecule has 18 heavy (non-hydrogen) atoms. The summed E-state index contributed by atoms with van der Waals surface area (Å²) in [6.07, 6.45) is 0.483. The molecule has 0 saturated heterocycles. The van der Waals surface area contributed by atoms with Gasteiger partial charge in [-0.3, -0.25) is 0 Å². The van der Waals surface area contributed by atoms with Crippen LogP contribution in [0.15, 0.2) is 22.7 Å². The van der Waals surface area contributed by atoms with Gasteiger partial charge in [-0.25, -0.2) is 9.18 Å². The molecule has 0 saturated carbocycles. The number of benzene rings is 1. The van der Waals surface area contributed by atoms with Crippen molar-refractivity contribution in [3.63, 3.8) is 0 Å². The van der Waals surface area contributed by atoms with E-state index in [2.05, 4.69) is 5.16 Å². The monoisotopic (exact) mass is 249 g/mol. The van der Waals surface area contributed by atoms with E-state index >= 15 is 0 Å². The van der Waals surface area contributed by atoms with Crippen LogP contribution in [0.1, 0.15) is 28.6 Å². The maximum Gasteiger partial charge on any atom is 0.375 e. The average Bonchev–Trinajstić information content (AvgIpc) is 2.76. The summed E-state index contributed by atoms with van der Waals surface area (Å²) in [5, 5.41) is 12.7. The molecular formula is C13H12FNO3. The Labute approximate surface area is 103 Å². The van der Waals surface area contributed by atoms with Crippen LogP contribution < -0.4 is 0 Å². The highest BCUT2D eigenvalue weighted by Crippen LogP contribution is 2.27. The molecule has 0 spiro atoms. The van der Waals surface area contributed by atoms with Gasteiger partial charge in [-0.2, -0.15) is 0 Å². The van der Waals surface area contributed by atoms with Gasteiger partial charge in [-0.15, -0.1) is 0 Å². The molecule has 1 aromatic heterocycles. The Morgan fingerprint density at radius 1 is 1.50 bits per heavy atom. The first kappa shape index (κ1) is 12.3. The average molecular weight is 249 g/mol. The summed E-state index contributed by atoms with van der Waals surface area (Å²) in [7, 11) is 0. The lowest BCUT2D eigenvalue weighted by Crippen LogP contribution is -1.98. The number of carboxylic acids is 1. The van der Waals surface area contributed by atoms with Crippen LogP contribution in [0.2, 0.25) is 0 Å². The number of rotatable bonds is 3. The van der Waals surface area contributed by atoms with E-state index in [0.717, 1.165) is 0 Å². The van der Waals surface area contributed by atoms with Crippen LogP contribution in [0.25, 0.3) is 11.3 Å². The number of aromatic nitrogens is 1. The van der Waals surface area contributed by atoms with Gasteiger partial charge in [0.05, 0.1) is 0 Å². The predicted molar refractivity (Wildman–Crippen MR) is 63.0 cm³/mol. The number of nitrogens with zero attached hydrogens (tertiary/aromatic N) is 1. The van der Waals surface area contributed by atoms with E-state index in [-0.39, 0.29) is 11.6 Å². The lowest BCUT2D eigenvalue weighted by atomic mass is 10.0. The van der Waals surface area contributed by atoms with E-state index in [9.17, 15) is 9.18 Å². The van der Waals surface area contributed by atoms with Gasteiger partial charge in [0.25, 0.3) is 0 Å². The number of halogens is 1. The Kier molecular flexibility index (Phi) is 3.14. The zero-order chi connectivity index (χ0) is 13.3. The van der Waals surface area contributed by atoms with Crippen molar-refractivity contribution in [2.75, 3.05) is 0 Å². The van der Waals surface area contributed by atoms with Crippen LogP contribution in [0.3, 0.4) is 0 Å². The fourth-order valence-corrected chi connectivity index (χ4v) is 1.82. The van der Waals surface area contributed by atoms with Gasteiger partial charge in [0.15, 0.2) is 0 Å². The van der Waals surface area contributed by atoms with Gasteiger partial charge in [0.2, 0.25) is 5.76 Å². The molecule has 0 amide bonds. The van der Waals surface area contributed by atoms with Gasteiger partial charge < -0.3 is 9.63 Å². The summed E-state index contributed by atoms with van der Waals surface area (Å²) < 4.78 is 18.0. The Hall–Kier alpha value is -2.17. The largest absolute Gasteiger partial charge is 0.475 e. The second-order valence-corrected chi connectivity index (χ2v) is 3.96. The molecule has 2 aromatic rings. The fourth-order valence-electron chi connectivity index (χ4n) is 1.82. The van der Waals surface area contributed by atoms with Crippen LogP contribution in [-0.4, -0.2) is 16.2 Å². The molecule has 5 heteroatoms. The number of hydrogen-bond donors (Lipinski definition) is 1. The maximum atomic E-state index is 13.2. The van der Waals surface area contributed by atoms with E-state index in [0.29, 0.717) is 28.8 Å². The van der Waals surface area contributed by atoms with Gasteiger partial charge in [0, 0.05) is 11.1 Å². The minimum absolute atomic E-state index is 0.158. The lowest BCUT2D eigenvalue weighted by molar-refractivity contribution is 0.0650. The molecule has 0 aliphatic carbocycles. The highest BCUT2D eigenvalue weighted by atomic mass is 19.1. The van der Waals surface area contributed by atoms with Crippen LogP contribution >= 0.6 is 0 Å². The van der Waals surface area contributed by atoms with Gasteiger partial charge in [-0.1, -0.05) is 12.1 Å². The van der Waals surface area contributed by atoms with E-state index in [1.54, 1.807) is 19.1 Å². The molecule has 1 heterocycles. The third-order valence-electron chi connectivity index (χ3n) is 2.77. The molecule has 0 bridgehead atoms. The smallest absolute Gasteiger partial charge is 0.375 e. The first-order valence-electron chi connectivity index (χ1n) is 5.53. The Morgan fingerprint density at radius 3 is 2.78 bits per heavy atom. The van der Waals surface area contributed by atoms with Gasteiger partial charge in [-0.05, 0) is 37.1 Å². The predicted octanol–water partition coefficient (Wildman–Crippen LogP) is 3.05. The van der Waals surface area contributed by atoms with Gasteiger partial charge in [0.1, 0.15) is 11.5 Å². The fraction of sp³-hybridized carbons (Fsp3) is 0.231. The van der Waals surface area contributed by atoms with Crippen molar-refractivity contribution in [1.82, 2.24) is 5.16 Å². The van der Waals surface area contributed by atoms with Crippen molar-refractivity contribution in [3.05, 3.63) is 40.9 Å². The molecule has 2 rings (SSSR count). The molecule has 4 nitrogen and oxygen atoms in total. The third kappa shape index (κ3) is 1.99. The van der Waals surface area contributed by atoms with Crippen molar-refractivity contribution in [2.45, 2.75) is 20.3 Å². The molecule has 0 radical (unpaired) electrons. The third-order valence-corrected chi connectivity index (χ3v) is 2.77. The minimum atomic E-state index is -1.15. The van der Waals surface area contributed by atoms with Crippen LogP contribution in [0.5, 0.6) is 0 Å². The Morgan fingerprint density at radius 2 is 2.22 bits per heavy atom. The molecule has 0 aliphatic heterocycles. The summed E-state index contributed by atoms with van der Waals surface area (Å²) in [6, 6.07) is 4.52. The summed E-state index contributed by atoms with van der Waals surface area (Å²) in [6.45, 7) is 3.46. The number of hydrogen-bond acceptors (Lipinski definition) is 3. The van der Waals surface area contributed by atoms with Crippen molar-refractivity contribution in [1.29, 1.82) is 0 Å². The molecule has 0 aliphatic rings. The van der Waals surface area contributed by atoms with Crippen molar-refractivity contribution in [3.8, 4) is 11.3 Å². The standard InChI is InChI=1S/C13H12FNO3/c1-3-9-11(15-18-12(9)13(16)17)8-4-5-10(14)7(2)6-8/h4-6H,3H2,1-2H3,(H,16,17). The Balaban J connectivity index is 2.57. The molecule has 1 aromatic carbocycles. The minimum Gasteiger partial charge on any atom is -0.475 e. The zero-order valence-corrected chi connectivity index (χ0v) is 10.0. The van der Waals surface area contributed by atoms with Crippen LogP contribution in [0.4, 0.5) is 4.39 Å². The van der Waals surface area contributed by atoms with E-state index < -0.39 is 5.97 Å². The first-order valence-corrected chi connectivity index (χ1v) is 5.53. The molecule has 0 atom stereocenters. The number of carbonyl (C=O) groups is 1. The molecule has 0 fully saturated rings. The van der Waals surface area contributed by atoms with Gasteiger partial charge >= 0.3 is 5.97 Å². The number of aromatic carboxylic acids is 1. The topological polar surface area (TPSA) is 63.3 Å². The number of carboxylic acid groups (broad SMARTS) is 1. The van der Waals surface area contributed by atoms with E-state index in [1.807, 2.05) is 6.92 Å². The molecular weight excluding hydrogens is 237 g/mol. The normalized spacial score (nSPS) is 10.6. The zero-order valence-electron chi connectivity index (χ0n) is 10.0. The van der Waals surface area contributed by atoms with Crippen LogP contribution in [-0.2, 0) is 6.42 Å². The maximum absolute atomic E-state index is 13.2. The molecule has 94 valence electrons. The molecule has 1 N–H and O–H groups in total. The quantitative estimate of drug-likeness (QED) is 0.908. The van der Waals surface area contributed by atoms with E-state index in [4.69, 9.17) is 9.63 Å². The summed E-state index contributed by atoms with van der Waals surface area (Å²) in [5.74, 6) is -1.61. The molecule has 0 unspecified atom stereocenters. The summed E-state index contributed by atoms with van der Waals surface area (Å²) in [4.78, 5) is 11.0. The SMILES string of the molecule is CCc1c(-c2ccc(F)c(C)c2)noc1C(=O)O. The summed E-state index contributed by atoms with van der Waals surface area (Å²) in [5.41, 5.74) is 2.11. The summed E-state index contributed by atoms with van der Waals surface area (Å²) >= 11 is 0. The second kappa shape index (κ2) is 4.60. The van der Waals surface area contributed by atoms with E-state index in [1.165, 1.54) is 6.07 Å². The Bertz CT molecular complexity index is 604. The van der Waals surface area contributed by atoms with Crippen molar-refractivity contribution in [2.24, 2.45) is 0 Å². The highest BCUT2D eigenvalue weighted by Gasteiger charge is 2.21. The lowest BCUT2D eigenvalue weighted by Gasteiger charge is -2.02. The van der Waals surface area contributed by atoms with Crippen molar-refractivity contribution < 1.29 is 18.8 Å². The first-order chi connectivity index (χ1) is 8.54. The van der Waals surface area contributed by atoms with Crippen molar-refractivity contribution >= 4 is 5.97 Å². The second-order valence-electron chi connectivity index (χ2n) is 3.96. The van der Waals surface area contributed by atoms with Crippen LogP contribution in [0, 0.1) is 12.7 Å². The highest BCUT2D eigenvalue weighted by molar-refractivity contribution is 5.88.